The van der Waals surface area contributed by atoms with Gasteiger partial charge in [0.05, 0.1) is 12.8 Å². The number of ketones is 1. The molecule has 0 bridgehead atoms. The second-order valence-electron chi connectivity index (χ2n) is 8.91. The third kappa shape index (κ3) is 6.76. The number of Topliss-reactive ketones (excluding diaryl/α,β-unsaturated/α-hetero) is 1. The van der Waals surface area contributed by atoms with E-state index in [2.05, 4.69) is 46.0 Å². The van der Waals surface area contributed by atoms with Crippen molar-refractivity contribution < 1.29 is 13.2 Å². The van der Waals surface area contributed by atoms with Gasteiger partial charge in [0.2, 0.25) is 10.0 Å². The fourth-order valence-corrected chi connectivity index (χ4v) is 5.12. The zero-order chi connectivity index (χ0) is 23.3. The summed E-state index contributed by atoms with van der Waals surface area (Å²) in [5.41, 5.74) is 5.10. The predicted octanol–water partition coefficient (Wildman–Crippen LogP) is 4.55. The first kappa shape index (κ1) is 23.2. The van der Waals surface area contributed by atoms with E-state index in [-0.39, 0.29) is 5.78 Å². The van der Waals surface area contributed by atoms with Crippen molar-refractivity contribution in [2.24, 2.45) is 5.92 Å². The highest BCUT2D eigenvalue weighted by Gasteiger charge is 2.22. The van der Waals surface area contributed by atoms with E-state index in [1.807, 2.05) is 18.2 Å². The smallest absolute Gasteiger partial charge is 0.229 e. The maximum Gasteiger partial charge on any atom is 0.229 e. The summed E-state index contributed by atoms with van der Waals surface area (Å²) in [5, 5.41) is 0. The van der Waals surface area contributed by atoms with Gasteiger partial charge in [-0.25, -0.2) is 8.42 Å². The number of anilines is 1. The standard InChI is InChI=1S/C27H30N2O3S/c1-33(31,32)28-26-15-13-24(14-16-26)27(30)20-29(18-21-7-3-2-4-8-21)19-22-11-12-23-9-5-6-10-25(23)17-22/h2-10,13-16,22,28H,11-12,17-20H2,1H3. The first-order valence-corrected chi connectivity index (χ1v) is 13.2. The molecule has 1 aliphatic carbocycles. The molecule has 3 aromatic carbocycles. The lowest BCUT2D eigenvalue weighted by Crippen LogP contribution is -2.35. The molecule has 0 fully saturated rings. The highest BCUT2D eigenvalue weighted by molar-refractivity contribution is 7.92. The number of nitrogens with one attached hydrogen (secondary N) is 1. The molecule has 6 heteroatoms. The van der Waals surface area contributed by atoms with Gasteiger partial charge in [-0.3, -0.25) is 14.4 Å². The van der Waals surface area contributed by atoms with Crippen molar-refractivity contribution in [2.45, 2.75) is 25.8 Å². The number of carbonyl (C=O) groups is 1. The molecule has 172 valence electrons. The number of fused-ring (bicyclic) bond motifs is 1. The molecule has 0 spiro atoms. The number of aryl methyl sites for hydroxylation is 1. The van der Waals surface area contributed by atoms with Crippen LogP contribution in [-0.4, -0.2) is 38.4 Å². The van der Waals surface area contributed by atoms with E-state index in [0.717, 1.165) is 38.6 Å². The van der Waals surface area contributed by atoms with E-state index in [1.54, 1.807) is 24.3 Å². The Labute approximate surface area is 196 Å². The lowest BCUT2D eigenvalue weighted by molar-refractivity contribution is 0.0908. The first-order valence-electron chi connectivity index (χ1n) is 11.3. The normalized spacial score (nSPS) is 15.8. The largest absolute Gasteiger partial charge is 0.293 e. The molecule has 1 unspecified atom stereocenters. The third-order valence-corrected chi connectivity index (χ3v) is 6.70. The van der Waals surface area contributed by atoms with Crippen LogP contribution in [-0.2, 0) is 29.4 Å². The predicted molar refractivity (Wildman–Crippen MR) is 133 cm³/mol. The van der Waals surface area contributed by atoms with Gasteiger partial charge >= 0.3 is 0 Å². The summed E-state index contributed by atoms with van der Waals surface area (Å²) in [6.07, 6.45) is 4.36. The molecule has 1 aliphatic rings. The van der Waals surface area contributed by atoms with E-state index >= 15 is 0 Å². The van der Waals surface area contributed by atoms with Crippen molar-refractivity contribution in [3.8, 4) is 0 Å². The number of sulfonamides is 1. The molecule has 0 amide bonds. The lowest BCUT2D eigenvalue weighted by Gasteiger charge is -2.30. The molecule has 1 N–H and O–H groups in total. The van der Waals surface area contributed by atoms with Gasteiger partial charge in [0.15, 0.2) is 5.78 Å². The number of hydrogen-bond donors (Lipinski definition) is 1. The van der Waals surface area contributed by atoms with Crippen molar-refractivity contribution in [3.63, 3.8) is 0 Å². The van der Waals surface area contributed by atoms with Gasteiger partial charge in [-0.05, 0) is 66.1 Å². The topological polar surface area (TPSA) is 66.5 Å². The quantitative estimate of drug-likeness (QED) is 0.474. The summed E-state index contributed by atoms with van der Waals surface area (Å²) in [6, 6.07) is 25.5. The van der Waals surface area contributed by atoms with E-state index in [1.165, 1.54) is 16.7 Å². The van der Waals surface area contributed by atoms with Crippen molar-refractivity contribution in [1.29, 1.82) is 0 Å². The van der Waals surface area contributed by atoms with E-state index in [0.29, 0.717) is 23.7 Å². The molecule has 0 saturated heterocycles. The molecule has 0 saturated carbocycles. The summed E-state index contributed by atoms with van der Waals surface area (Å²) >= 11 is 0. The molecule has 33 heavy (non-hydrogen) atoms. The molecular weight excluding hydrogens is 432 g/mol. The summed E-state index contributed by atoms with van der Waals surface area (Å²) in [7, 11) is -3.34. The van der Waals surface area contributed by atoms with Crippen LogP contribution < -0.4 is 4.72 Å². The summed E-state index contributed by atoms with van der Waals surface area (Å²) < 4.78 is 25.3. The highest BCUT2D eigenvalue weighted by Crippen LogP contribution is 2.26. The third-order valence-electron chi connectivity index (χ3n) is 6.09. The number of benzene rings is 3. The molecule has 0 aromatic heterocycles. The Balaban J connectivity index is 1.46. The lowest BCUT2D eigenvalue weighted by atomic mass is 9.83. The summed E-state index contributed by atoms with van der Waals surface area (Å²) in [6.45, 7) is 1.91. The fourth-order valence-electron chi connectivity index (χ4n) is 4.55. The monoisotopic (exact) mass is 462 g/mol. The first-order chi connectivity index (χ1) is 15.9. The van der Waals surface area contributed by atoms with Crippen LogP contribution in [0.15, 0.2) is 78.9 Å². The fraction of sp³-hybridized carbons (Fsp3) is 0.296. The average Bonchev–Trinajstić information content (AvgIpc) is 2.79. The SMILES string of the molecule is CS(=O)(=O)Nc1ccc(C(=O)CN(Cc2ccccc2)CC2CCc3ccccc3C2)cc1. The Kier molecular flexibility index (Phi) is 7.26. The minimum absolute atomic E-state index is 0.0352. The molecule has 0 aliphatic heterocycles. The number of nitrogens with zero attached hydrogens (tertiary/aromatic N) is 1. The van der Waals surface area contributed by atoms with Gasteiger partial charge < -0.3 is 0 Å². The molecule has 0 radical (unpaired) electrons. The van der Waals surface area contributed by atoms with Crippen LogP contribution in [0.2, 0.25) is 0 Å². The van der Waals surface area contributed by atoms with Crippen LogP contribution in [0.5, 0.6) is 0 Å². The Morgan fingerprint density at radius 1 is 0.939 bits per heavy atom. The van der Waals surface area contributed by atoms with Gasteiger partial charge in [0.25, 0.3) is 0 Å². The Bertz CT molecular complexity index is 1190. The Morgan fingerprint density at radius 3 is 2.30 bits per heavy atom. The van der Waals surface area contributed by atoms with E-state index in [9.17, 15) is 13.2 Å². The molecule has 4 rings (SSSR count). The zero-order valence-corrected chi connectivity index (χ0v) is 19.7. The Hall–Kier alpha value is -2.96. The number of carbonyl (C=O) groups excluding carboxylic acids is 1. The van der Waals surface area contributed by atoms with Gasteiger partial charge in [0.1, 0.15) is 0 Å². The van der Waals surface area contributed by atoms with Gasteiger partial charge in [0, 0.05) is 24.3 Å². The number of rotatable bonds is 9. The van der Waals surface area contributed by atoms with Gasteiger partial charge in [-0.2, -0.15) is 0 Å². The Morgan fingerprint density at radius 2 is 1.61 bits per heavy atom. The van der Waals surface area contributed by atoms with Crippen LogP contribution in [0.25, 0.3) is 0 Å². The maximum absolute atomic E-state index is 13.1. The van der Waals surface area contributed by atoms with Crippen LogP contribution in [0.1, 0.15) is 33.5 Å². The second-order valence-corrected chi connectivity index (χ2v) is 10.7. The van der Waals surface area contributed by atoms with Crippen molar-refractivity contribution >= 4 is 21.5 Å². The van der Waals surface area contributed by atoms with Crippen LogP contribution in [0.3, 0.4) is 0 Å². The average molecular weight is 463 g/mol. The van der Waals surface area contributed by atoms with E-state index < -0.39 is 10.0 Å². The second kappa shape index (κ2) is 10.3. The summed E-state index contributed by atoms with van der Waals surface area (Å²) in [5.74, 6) is 0.547. The number of hydrogen-bond acceptors (Lipinski definition) is 4. The van der Waals surface area contributed by atoms with Crippen molar-refractivity contribution in [3.05, 3.63) is 101 Å². The summed E-state index contributed by atoms with van der Waals surface area (Å²) in [4.78, 5) is 15.4. The van der Waals surface area contributed by atoms with Gasteiger partial charge in [-0.15, -0.1) is 0 Å². The minimum Gasteiger partial charge on any atom is -0.293 e. The zero-order valence-electron chi connectivity index (χ0n) is 18.9. The minimum atomic E-state index is -3.34. The van der Waals surface area contributed by atoms with Crippen molar-refractivity contribution in [1.82, 2.24) is 4.90 Å². The van der Waals surface area contributed by atoms with Crippen LogP contribution in [0, 0.1) is 5.92 Å². The maximum atomic E-state index is 13.1. The van der Waals surface area contributed by atoms with Gasteiger partial charge in [-0.1, -0.05) is 54.6 Å². The molecule has 1 atom stereocenters. The van der Waals surface area contributed by atoms with Crippen LogP contribution >= 0.6 is 0 Å². The van der Waals surface area contributed by atoms with E-state index in [4.69, 9.17) is 0 Å². The van der Waals surface area contributed by atoms with Crippen molar-refractivity contribution in [2.75, 3.05) is 24.1 Å². The molecular formula is C27H30N2O3S. The van der Waals surface area contributed by atoms with Crippen LogP contribution in [0.4, 0.5) is 5.69 Å². The molecule has 0 heterocycles. The highest BCUT2D eigenvalue weighted by atomic mass is 32.2. The molecule has 3 aromatic rings. The molecule has 5 nitrogen and oxygen atoms in total.